The standard InChI is InChI=1S/C15H23Br2NS/c1-18-10-9-15(6-3-2-4-7-15)8-5-12-11-13(16)19-14(12)17/h11,18H,2-10H2,1H3. The molecule has 0 atom stereocenters. The molecule has 0 unspecified atom stereocenters. The molecule has 1 nitrogen and oxygen atoms in total. The predicted molar refractivity (Wildman–Crippen MR) is 92.1 cm³/mol. The normalized spacial score (nSPS) is 18.7. The first kappa shape index (κ1) is 16.0. The van der Waals surface area contributed by atoms with Gasteiger partial charge < -0.3 is 5.32 Å². The summed E-state index contributed by atoms with van der Waals surface area (Å²) in [7, 11) is 2.07. The van der Waals surface area contributed by atoms with Crippen molar-refractivity contribution in [2.75, 3.05) is 13.6 Å². The molecular formula is C15H23Br2NS. The third-order valence-corrected chi connectivity index (χ3v) is 6.94. The highest BCUT2D eigenvalue weighted by atomic mass is 79.9. The summed E-state index contributed by atoms with van der Waals surface area (Å²) in [6, 6.07) is 2.28. The Kier molecular flexibility index (Phi) is 6.38. The Balaban J connectivity index is 1.97. The fraction of sp³-hybridized carbons (Fsp3) is 0.733. The van der Waals surface area contributed by atoms with Gasteiger partial charge in [0.25, 0.3) is 0 Å². The second kappa shape index (κ2) is 7.58. The van der Waals surface area contributed by atoms with E-state index >= 15 is 0 Å². The van der Waals surface area contributed by atoms with Crippen molar-refractivity contribution in [1.29, 1.82) is 0 Å². The highest BCUT2D eigenvalue weighted by Crippen LogP contribution is 2.44. The van der Waals surface area contributed by atoms with Crippen LogP contribution in [0.5, 0.6) is 0 Å². The molecule has 1 heterocycles. The van der Waals surface area contributed by atoms with Crippen molar-refractivity contribution >= 4 is 43.2 Å². The highest BCUT2D eigenvalue weighted by molar-refractivity contribution is 9.12. The Morgan fingerprint density at radius 1 is 1.21 bits per heavy atom. The van der Waals surface area contributed by atoms with Crippen molar-refractivity contribution in [2.24, 2.45) is 5.41 Å². The van der Waals surface area contributed by atoms with Gasteiger partial charge in [0.1, 0.15) is 0 Å². The van der Waals surface area contributed by atoms with Crippen molar-refractivity contribution in [1.82, 2.24) is 5.32 Å². The van der Waals surface area contributed by atoms with Crippen LogP contribution in [0.2, 0.25) is 0 Å². The van der Waals surface area contributed by atoms with Crippen LogP contribution in [0.3, 0.4) is 0 Å². The molecule has 1 aromatic heterocycles. The van der Waals surface area contributed by atoms with Crippen LogP contribution in [0.25, 0.3) is 0 Å². The van der Waals surface area contributed by atoms with Gasteiger partial charge in [0.05, 0.1) is 7.57 Å². The largest absolute Gasteiger partial charge is 0.320 e. The average Bonchev–Trinajstić information content (AvgIpc) is 2.74. The minimum atomic E-state index is 0.592. The molecule has 1 aromatic rings. The van der Waals surface area contributed by atoms with Crippen molar-refractivity contribution < 1.29 is 0 Å². The molecule has 0 radical (unpaired) electrons. The fourth-order valence-electron chi connectivity index (χ4n) is 3.26. The van der Waals surface area contributed by atoms with Crippen LogP contribution < -0.4 is 5.32 Å². The molecule has 0 saturated heterocycles. The second-order valence-electron chi connectivity index (χ2n) is 5.76. The molecule has 0 aliphatic heterocycles. The minimum absolute atomic E-state index is 0.592. The van der Waals surface area contributed by atoms with E-state index in [0.717, 1.165) is 6.54 Å². The fourth-order valence-corrected chi connectivity index (χ4v) is 6.18. The number of aryl methyl sites for hydroxylation is 1. The molecule has 0 bridgehead atoms. The summed E-state index contributed by atoms with van der Waals surface area (Å²) in [4.78, 5) is 0. The van der Waals surface area contributed by atoms with Gasteiger partial charge in [-0.25, -0.2) is 0 Å². The maximum absolute atomic E-state index is 3.69. The lowest BCUT2D eigenvalue weighted by molar-refractivity contribution is 0.157. The first-order valence-electron chi connectivity index (χ1n) is 7.23. The molecule has 1 aliphatic carbocycles. The summed E-state index contributed by atoms with van der Waals surface area (Å²) in [5.74, 6) is 0. The first-order valence-corrected chi connectivity index (χ1v) is 9.64. The van der Waals surface area contributed by atoms with Gasteiger partial charge in [0.15, 0.2) is 0 Å². The summed E-state index contributed by atoms with van der Waals surface area (Å²) >= 11 is 9.07. The molecule has 108 valence electrons. The van der Waals surface area contributed by atoms with Gasteiger partial charge in [-0.05, 0) is 94.6 Å². The molecule has 0 amide bonds. The van der Waals surface area contributed by atoms with Crippen molar-refractivity contribution in [3.8, 4) is 0 Å². The lowest BCUT2D eigenvalue weighted by atomic mass is 9.69. The molecule has 2 rings (SSSR count). The second-order valence-corrected chi connectivity index (χ2v) is 9.51. The summed E-state index contributed by atoms with van der Waals surface area (Å²) in [5.41, 5.74) is 2.07. The molecule has 1 saturated carbocycles. The van der Waals surface area contributed by atoms with Crippen molar-refractivity contribution in [3.05, 3.63) is 19.2 Å². The maximum atomic E-state index is 3.69. The molecule has 19 heavy (non-hydrogen) atoms. The third-order valence-electron chi connectivity index (χ3n) is 4.47. The van der Waals surface area contributed by atoms with E-state index in [0.29, 0.717) is 5.41 Å². The summed E-state index contributed by atoms with van der Waals surface area (Å²) in [5, 5.41) is 3.34. The summed E-state index contributed by atoms with van der Waals surface area (Å²) < 4.78 is 2.54. The van der Waals surface area contributed by atoms with Gasteiger partial charge in [0, 0.05) is 0 Å². The number of rotatable bonds is 6. The van der Waals surface area contributed by atoms with Gasteiger partial charge in [-0.1, -0.05) is 19.3 Å². The lowest BCUT2D eigenvalue weighted by Crippen LogP contribution is -2.28. The van der Waals surface area contributed by atoms with E-state index in [1.165, 1.54) is 64.5 Å². The third kappa shape index (κ3) is 4.55. The van der Waals surface area contributed by atoms with Crippen LogP contribution in [0, 0.1) is 5.41 Å². The van der Waals surface area contributed by atoms with E-state index in [1.807, 2.05) is 0 Å². The zero-order chi connectivity index (χ0) is 13.7. The quantitative estimate of drug-likeness (QED) is 0.630. The molecule has 0 spiro atoms. The number of nitrogens with one attached hydrogen (secondary N) is 1. The maximum Gasteiger partial charge on any atom is 0.0742 e. The van der Waals surface area contributed by atoms with Crippen LogP contribution in [0.15, 0.2) is 13.6 Å². The predicted octanol–water partition coefficient (Wildman–Crippen LogP) is 5.77. The van der Waals surface area contributed by atoms with E-state index in [9.17, 15) is 0 Å². The van der Waals surface area contributed by atoms with Gasteiger partial charge in [-0.15, -0.1) is 11.3 Å². The van der Waals surface area contributed by atoms with Crippen molar-refractivity contribution in [2.45, 2.75) is 51.4 Å². The van der Waals surface area contributed by atoms with Crippen LogP contribution in [-0.4, -0.2) is 13.6 Å². The van der Waals surface area contributed by atoms with E-state index in [4.69, 9.17) is 0 Å². The SMILES string of the molecule is CNCCC1(CCc2cc(Br)sc2Br)CCCCC1. The monoisotopic (exact) mass is 407 g/mol. The van der Waals surface area contributed by atoms with Gasteiger partial charge in [-0.2, -0.15) is 0 Å². The number of hydrogen-bond donors (Lipinski definition) is 1. The first-order chi connectivity index (χ1) is 9.15. The molecule has 1 aliphatic rings. The van der Waals surface area contributed by atoms with Crippen LogP contribution in [0.1, 0.15) is 50.5 Å². The Hall–Kier alpha value is 0.620. The highest BCUT2D eigenvalue weighted by Gasteiger charge is 2.31. The van der Waals surface area contributed by atoms with E-state index in [-0.39, 0.29) is 0 Å². The summed E-state index contributed by atoms with van der Waals surface area (Å²) in [6.07, 6.45) is 11.1. The van der Waals surface area contributed by atoms with Gasteiger partial charge in [-0.3, -0.25) is 0 Å². The number of thiophene rings is 1. The van der Waals surface area contributed by atoms with Crippen LogP contribution in [-0.2, 0) is 6.42 Å². The molecular weight excluding hydrogens is 386 g/mol. The molecule has 1 N–H and O–H groups in total. The lowest BCUT2D eigenvalue weighted by Gasteiger charge is -2.37. The minimum Gasteiger partial charge on any atom is -0.320 e. The Morgan fingerprint density at radius 2 is 1.95 bits per heavy atom. The zero-order valence-corrected chi connectivity index (χ0v) is 15.6. The topological polar surface area (TPSA) is 12.0 Å². The molecule has 4 heteroatoms. The number of hydrogen-bond acceptors (Lipinski definition) is 2. The number of halogens is 2. The van der Waals surface area contributed by atoms with E-state index in [1.54, 1.807) is 11.3 Å². The van der Waals surface area contributed by atoms with Crippen LogP contribution in [0.4, 0.5) is 0 Å². The zero-order valence-electron chi connectivity index (χ0n) is 11.6. The van der Waals surface area contributed by atoms with E-state index in [2.05, 4.69) is 50.3 Å². The van der Waals surface area contributed by atoms with E-state index < -0.39 is 0 Å². The molecule has 0 aromatic carbocycles. The Labute approximate surface area is 137 Å². The summed E-state index contributed by atoms with van der Waals surface area (Å²) in [6.45, 7) is 1.16. The Bertz CT molecular complexity index is 397. The van der Waals surface area contributed by atoms with Crippen molar-refractivity contribution in [3.63, 3.8) is 0 Å². The average molecular weight is 409 g/mol. The molecule has 1 fully saturated rings. The Morgan fingerprint density at radius 3 is 2.53 bits per heavy atom. The smallest absolute Gasteiger partial charge is 0.0742 e. The van der Waals surface area contributed by atoms with Crippen LogP contribution >= 0.6 is 43.2 Å². The van der Waals surface area contributed by atoms with Gasteiger partial charge in [0.2, 0.25) is 0 Å². The van der Waals surface area contributed by atoms with Gasteiger partial charge >= 0.3 is 0 Å².